The molecule has 1 heteroatoms. The third kappa shape index (κ3) is 1.54. The Morgan fingerprint density at radius 2 is 2.07 bits per heavy atom. The molecule has 0 radical (unpaired) electrons. The fourth-order valence-electron chi connectivity index (χ4n) is 2.63. The lowest BCUT2D eigenvalue weighted by Crippen LogP contribution is -2.29. The Morgan fingerprint density at radius 3 is 2.64 bits per heavy atom. The maximum absolute atomic E-state index is 10.2. The zero-order valence-electron chi connectivity index (χ0n) is 9.38. The van der Waals surface area contributed by atoms with Crippen LogP contribution >= 0.6 is 0 Å². The topological polar surface area (TPSA) is 20.2 Å². The summed E-state index contributed by atoms with van der Waals surface area (Å²) in [5.41, 5.74) is 2.93. The van der Waals surface area contributed by atoms with Gasteiger partial charge in [-0.2, -0.15) is 0 Å². The third-order valence-electron chi connectivity index (χ3n) is 3.60. The monoisotopic (exact) mass is 192 g/mol. The number of allylic oxidation sites excluding steroid dienone is 2. The molecule has 0 bridgehead atoms. The average molecular weight is 192 g/mol. The van der Waals surface area contributed by atoms with Gasteiger partial charge in [0.1, 0.15) is 0 Å². The lowest BCUT2D eigenvalue weighted by Gasteiger charge is -2.30. The van der Waals surface area contributed by atoms with Crippen molar-refractivity contribution >= 4 is 0 Å². The van der Waals surface area contributed by atoms with Crippen molar-refractivity contribution in [3.05, 3.63) is 23.3 Å². The average Bonchev–Trinajstić information content (AvgIpc) is 2.44. The molecule has 2 unspecified atom stereocenters. The highest BCUT2D eigenvalue weighted by atomic mass is 16.3. The van der Waals surface area contributed by atoms with Crippen LogP contribution in [-0.2, 0) is 0 Å². The predicted octanol–water partition coefficient (Wildman–Crippen LogP) is 3.06. The van der Waals surface area contributed by atoms with E-state index in [1.807, 2.05) is 0 Å². The van der Waals surface area contributed by atoms with Gasteiger partial charge in [0.15, 0.2) is 0 Å². The SMILES string of the molecule is CC(C)(C)C1CC2=C(C=CCC2)C1O. The van der Waals surface area contributed by atoms with Gasteiger partial charge in [-0.25, -0.2) is 0 Å². The number of aliphatic hydroxyl groups is 1. The molecular weight excluding hydrogens is 172 g/mol. The molecule has 0 spiro atoms. The summed E-state index contributed by atoms with van der Waals surface area (Å²) in [6, 6.07) is 0. The summed E-state index contributed by atoms with van der Waals surface area (Å²) < 4.78 is 0. The van der Waals surface area contributed by atoms with Gasteiger partial charge in [0, 0.05) is 0 Å². The molecule has 78 valence electrons. The first-order valence-corrected chi connectivity index (χ1v) is 5.56. The minimum Gasteiger partial charge on any atom is -0.388 e. The lowest BCUT2D eigenvalue weighted by molar-refractivity contribution is 0.0842. The van der Waals surface area contributed by atoms with Crippen molar-refractivity contribution in [2.24, 2.45) is 11.3 Å². The van der Waals surface area contributed by atoms with Crippen LogP contribution in [0.2, 0.25) is 0 Å². The van der Waals surface area contributed by atoms with E-state index in [9.17, 15) is 5.11 Å². The van der Waals surface area contributed by atoms with E-state index in [2.05, 4.69) is 32.9 Å². The molecule has 0 saturated heterocycles. The first kappa shape index (κ1) is 9.97. The molecule has 0 amide bonds. The number of aliphatic hydroxyl groups excluding tert-OH is 1. The highest BCUT2D eigenvalue weighted by Crippen LogP contribution is 2.45. The standard InChI is InChI=1S/C13H20O/c1-13(2,3)11-8-9-6-4-5-7-10(9)12(11)14/h5,7,11-12,14H,4,6,8H2,1-3H3. The van der Waals surface area contributed by atoms with Crippen molar-refractivity contribution < 1.29 is 5.11 Å². The summed E-state index contributed by atoms with van der Waals surface area (Å²) >= 11 is 0. The number of rotatable bonds is 0. The van der Waals surface area contributed by atoms with Crippen LogP contribution < -0.4 is 0 Å². The molecule has 0 aromatic rings. The van der Waals surface area contributed by atoms with Gasteiger partial charge < -0.3 is 5.11 Å². The van der Waals surface area contributed by atoms with Crippen LogP contribution in [0.5, 0.6) is 0 Å². The Bertz CT molecular complexity index is 291. The van der Waals surface area contributed by atoms with Gasteiger partial charge in [-0.15, -0.1) is 0 Å². The molecule has 2 aliphatic rings. The van der Waals surface area contributed by atoms with E-state index in [0.29, 0.717) is 5.92 Å². The number of hydrogen-bond acceptors (Lipinski definition) is 1. The Hall–Kier alpha value is -0.560. The third-order valence-corrected chi connectivity index (χ3v) is 3.60. The van der Waals surface area contributed by atoms with Gasteiger partial charge >= 0.3 is 0 Å². The van der Waals surface area contributed by atoms with E-state index in [1.54, 1.807) is 0 Å². The Kier molecular flexibility index (Phi) is 2.30. The molecule has 0 aromatic carbocycles. The summed E-state index contributed by atoms with van der Waals surface area (Å²) in [5, 5.41) is 10.2. The highest BCUT2D eigenvalue weighted by molar-refractivity contribution is 5.38. The fraction of sp³-hybridized carbons (Fsp3) is 0.692. The molecule has 0 saturated carbocycles. The van der Waals surface area contributed by atoms with Gasteiger partial charge in [-0.1, -0.05) is 38.5 Å². The van der Waals surface area contributed by atoms with Crippen LogP contribution in [0.15, 0.2) is 23.3 Å². The molecule has 0 aliphatic heterocycles. The highest BCUT2D eigenvalue weighted by Gasteiger charge is 2.39. The quantitative estimate of drug-likeness (QED) is 0.625. The maximum atomic E-state index is 10.2. The second-order valence-corrected chi connectivity index (χ2v) is 5.62. The first-order chi connectivity index (χ1) is 6.50. The van der Waals surface area contributed by atoms with Crippen LogP contribution in [-0.4, -0.2) is 11.2 Å². The molecular formula is C13H20O. The Balaban J connectivity index is 2.22. The first-order valence-electron chi connectivity index (χ1n) is 5.56. The smallest absolute Gasteiger partial charge is 0.0825 e. The van der Waals surface area contributed by atoms with Crippen molar-refractivity contribution in [2.75, 3.05) is 0 Å². The molecule has 2 aliphatic carbocycles. The summed E-state index contributed by atoms with van der Waals surface area (Å²) in [5.74, 6) is 0.412. The summed E-state index contributed by atoms with van der Waals surface area (Å²) in [6.45, 7) is 6.68. The van der Waals surface area contributed by atoms with Crippen molar-refractivity contribution in [2.45, 2.75) is 46.1 Å². The zero-order chi connectivity index (χ0) is 10.3. The maximum Gasteiger partial charge on any atom is 0.0825 e. The largest absolute Gasteiger partial charge is 0.388 e. The van der Waals surface area contributed by atoms with Gasteiger partial charge in [-0.05, 0) is 36.2 Å². The second kappa shape index (κ2) is 3.23. The van der Waals surface area contributed by atoms with Crippen molar-refractivity contribution in [1.29, 1.82) is 0 Å². The van der Waals surface area contributed by atoms with Gasteiger partial charge in [-0.3, -0.25) is 0 Å². The van der Waals surface area contributed by atoms with Crippen LogP contribution in [0.4, 0.5) is 0 Å². The van der Waals surface area contributed by atoms with Gasteiger partial charge in [0.2, 0.25) is 0 Å². The fourth-order valence-corrected chi connectivity index (χ4v) is 2.63. The summed E-state index contributed by atoms with van der Waals surface area (Å²) in [6.07, 6.45) is 7.52. The molecule has 1 N–H and O–H groups in total. The van der Waals surface area contributed by atoms with E-state index in [-0.39, 0.29) is 11.5 Å². The van der Waals surface area contributed by atoms with E-state index >= 15 is 0 Å². The van der Waals surface area contributed by atoms with Gasteiger partial charge in [0.25, 0.3) is 0 Å². The minimum absolute atomic E-state index is 0.213. The molecule has 2 atom stereocenters. The molecule has 2 rings (SSSR count). The summed E-state index contributed by atoms with van der Waals surface area (Å²) in [7, 11) is 0. The Morgan fingerprint density at radius 1 is 1.36 bits per heavy atom. The zero-order valence-corrected chi connectivity index (χ0v) is 9.38. The van der Waals surface area contributed by atoms with Crippen LogP contribution in [0, 0.1) is 11.3 Å². The molecule has 0 fully saturated rings. The van der Waals surface area contributed by atoms with Crippen LogP contribution in [0.3, 0.4) is 0 Å². The lowest BCUT2D eigenvalue weighted by atomic mass is 9.77. The molecule has 1 nitrogen and oxygen atoms in total. The summed E-state index contributed by atoms with van der Waals surface area (Å²) in [4.78, 5) is 0. The van der Waals surface area contributed by atoms with E-state index in [4.69, 9.17) is 0 Å². The van der Waals surface area contributed by atoms with Crippen LogP contribution in [0.25, 0.3) is 0 Å². The molecule has 0 aromatic heterocycles. The van der Waals surface area contributed by atoms with E-state index in [1.165, 1.54) is 11.1 Å². The normalized spacial score (nSPS) is 32.3. The van der Waals surface area contributed by atoms with Crippen molar-refractivity contribution in [3.8, 4) is 0 Å². The minimum atomic E-state index is -0.221. The van der Waals surface area contributed by atoms with Crippen LogP contribution in [0.1, 0.15) is 40.0 Å². The van der Waals surface area contributed by atoms with Crippen molar-refractivity contribution in [1.82, 2.24) is 0 Å². The van der Waals surface area contributed by atoms with Gasteiger partial charge in [0.05, 0.1) is 6.10 Å². The number of hydrogen-bond donors (Lipinski definition) is 1. The Labute approximate surface area is 86.5 Å². The van der Waals surface area contributed by atoms with Crippen molar-refractivity contribution in [3.63, 3.8) is 0 Å². The molecule has 14 heavy (non-hydrogen) atoms. The van der Waals surface area contributed by atoms with E-state index < -0.39 is 0 Å². The second-order valence-electron chi connectivity index (χ2n) is 5.62. The van der Waals surface area contributed by atoms with E-state index in [0.717, 1.165) is 19.3 Å². The predicted molar refractivity (Wildman–Crippen MR) is 59.0 cm³/mol. The molecule has 0 heterocycles.